The lowest BCUT2D eigenvalue weighted by atomic mass is 10.2. The fraction of sp³-hybridized carbons (Fsp3) is 0.200. The molecule has 0 aliphatic carbocycles. The Morgan fingerprint density at radius 1 is 1.06 bits per heavy atom. The van der Waals surface area contributed by atoms with Crippen molar-refractivity contribution < 1.29 is 31.2 Å². The van der Waals surface area contributed by atoms with E-state index in [0.717, 1.165) is 6.07 Å². The van der Waals surface area contributed by atoms with Gasteiger partial charge in [0.2, 0.25) is 5.95 Å². The third-order valence-electron chi connectivity index (χ3n) is 4.67. The molecule has 0 saturated carbocycles. The summed E-state index contributed by atoms with van der Waals surface area (Å²) >= 11 is 11.6. The molecule has 8 nitrogen and oxygen atoms in total. The molecule has 0 atom stereocenters. The summed E-state index contributed by atoms with van der Waals surface area (Å²) in [6.07, 6.45) is -4.99. The van der Waals surface area contributed by atoms with Crippen molar-refractivity contribution in [1.29, 1.82) is 0 Å². The predicted octanol–water partition coefficient (Wildman–Crippen LogP) is 5.74. The monoisotopic (exact) mass is 534 g/mol. The minimum atomic E-state index is -3.16. The maximum atomic E-state index is 13.3. The number of halogens is 7. The molecule has 4 rings (SSSR count). The number of anilines is 1. The minimum absolute atomic E-state index is 0.0125. The number of carbonyl (C=O) groups excluding carboxylic acids is 1. The van der Waals surface area contributed by atoms with Crippen molar-refractivity contribution in [2.45, 2.75) is 25.9 Å². The van der Waals surface area contributed by atoms with Gasteiger partial charge >= 0.3 is 0 Å². The van der Waals surface area contributed by atoms with Crippen molar-refractivity contribution in [1.82, 2.24) is 24.5 Å². The molecule has 0 saturated heterocycles. The van der Waals surface area contributed by atoms with Gasteiger partial charge in [-0.05, 0) is 29.8 Å². The second-order valence-electron chi connectivity index (χ2n) is 7.07. The molecule has 0 fully saturated rings. The number of hydrogen-bond acceptors (Lipinski definition) is 5. The number of aromatic nitrogens is 5. The highest BCUT2D eigenvalue weighted by molar-refractivity contribution is 6.32. The van der Waals surface area contributed by atoms with E-state index in [1.54, 1.807) is 0 Å². The lowest BCUT2D eigenvalue weighted by Gasteiger charge is -2.05. The molecule has 4 aromatic rings. The molecule has 0 aliphatic heterocycles. The molecule has 35 heavy (non-hydrogen) atoms. The molecule has 0 spiro atoms. The summed E-state index contributed by atoms with van der Waals surface area (Å²) in [4.78, 5) is 16.4. The van der Waals surface area contributed by atoms with E-state index in [9.17, 15) is 26.7 Å². The van der Waals surface area contributed by atoms with Crippen LogP contribution in [-0.2, 0) is 13.1 Å². The maximum Gasteiger partial charge on any atom is 0.293 e. The molecular formula is C20H13Cl2F5N6O2. The average molecular weight is 535 g/mol. The summed E-state index contributed by atoms with van der Waals surface area (Å²) in [6.45, 7) is -0.308. The summed E-state index contributed by atoms with van der Waals surface area (Å²) < 4.78 is 73.0. The van der Waals surface area contributed by atoms with Gasteiger partial charge in [-0.25, -0.2) is 31.6 Å². The first kappa shape index (κ1) is 24.7. The van der Waals surface area contributed by atoms with Gasteiger partial charge in [0.1, 0.15) is 29.3 Å². The van der Waals surface area contributed by atoms with E-state index in [4.69, 9.17) is 27.6 Å². The Labute approximate surface area is 203 Å². The standard InChI is InChI=1S/C20H13Cl2F5N6O2/c21-12-5-10(23)2-1-9(12)6-32-8-28-20(31-32)29-19(34)13-4-3-11(35-13)7-33-16(18(26)27)14(22)15(30-33)17(24)25/h1-5,8,17-18H,6-7H2,(H,29,31,34). The van der Waals surface area contributed by atoms with Gasteiger partial charge in [0.05, 0.1) is 18.1 Å². The third-order valence-corrected chi connectivity index (χ3v) is 5.41. The van der Waals surface area contributed by atoms with Crippen LogP contribution in [0.25, 0.3) is 0 Å². The first-order valence-electron chi connectivity index (χ1n) is 9.68. The lowest BCUT2D eigenvalue weighted by Crippen LogP contribution is -2.13. The van der Waals surface area contributed by atoms with Crippen LogP contribution in [0.4, 0.5) is 27.9 Å². The Morgan fingerprint density at radius 3 is 2.51 bits per heavy atom. The first-order valence-corrected chi connectivity index (χ1v) is 10.4. The van der Waals surface area contributed by atoms with Crippen LogP contribution in [0, 0.1) is 5.82 Å². The zero-order valence-electron chi connectivity index (χ0n) is 17.2. The van der Waals surface area contributed by atoms with Crippen LogP contribution in [-0.4, -0.2) is 30.5 Å². The summed E-state index contributed by atoms with van der Waals surface area (Å²) in [7, 11) is 0. The molecular weight excluding hydrogens is 522 g/mol. The highest BCUT2D eigenvalue weighted by Gasteiger charge is 2.28. The molecule has 3 heterocycles. The fourth-order valence-corrected chi connectivity index (χ4v) is 3.62. The highest BCUT2D eigenvalue weighted by atomic mass is 35.5. The van der Waals surface area contributed by atoms with Gasteiger partial charge in [-0.1, -0.05) is 29.3 Å². The molecule has 3 aromatic heterocycles. The number of benzene rings is 1. The van der Waals surface area contributed by atoms with Gasteiger partial charge in [-0.3, -0.25) is 14.8 Å². The Bertz CT molecular complexity index is 1370. The van der Waals surface area contributed by atoms with Crippen molar-refractivity contribution in [3.8, 4) is 0 Å². The number of furan rings is 1. The number of amides is 1. The number of nitrogens with one attached hydrogen (secondary N) is 1. The number of carbonyl (C=O) groups is 1. The molecule has 0 bridgehead atoms. The zero-order chi connectivity index (χ0) is 25.3. The number of nitrogens with zero attached hydrogens (tertiary/aromatic N) is 5. The van der Waals surface area contributed by atoms with Crippen LogP contribution in [0.1, 0.15) is 46.1 Å². The van der Waals surface area contributed by atoms with Gasteiger partial charge in [-0.15, -0.1) is 5.10 Å². The van der Waals surface area contributed by atoms with Crippen LogP contribution in [0.5, 0.6) is 0 Å². The Hall–Kier alpha value is -3.45. The first-order chi connectivity index (χ1) is 16.6. The summed E-state index contributed by atoms with van der Waals surface area (Å²) in [5.74, 6) is -1.55. The maximum absolute atomic E-state index is 13.3. The zero-order valence-corrected chi connectivity index (χ0v) is 18.7. The van der Waals surface area contributed by atoms with Crippen molar-refractivity contribution >= 4 is 35.1 Å². The van der Waals surface area contributed by atoms with Crippen molar-refractivity contribution in [3.05, 3.63) is 81.0 Å². The molecule has 1 N–H and O–H groups in total. The highest BCUT2D eigenvalue weighted by Crippen LogP contribution is 2.35. The molecule has 1 amide bonds. The minimum Gasteiger partial charge on any atom is -0.454 e. The fourth-order valence-electron chi connectivity index (χ4n) is 3.09. The second kappa shape index (κ2) is 10.0. The van der Waals surface area contributed by atoms with E-state index in [-0.39, 0.29) is 29.0 Å². The van der Waals surface area contributed by atoms with Gasteiger partial charge in [-0.2, -0.15) is 5.10 Å². The third kappa shape index (κ3) is 5.46. The summed E-state index contributed by atoms with van der Waals surface area (Å²) in [5, 5.41) is 9.26. The second-order valence-corrected chi connectivity index (χ2v) is 7.85. The molecule has 0 unspecified atom stereocenters. The van der Waals surface area contributed by atoms with Gasteiger partial charge in [0.25, 0.3) is 18.8 Å². The topological polar surface area (TPSA) is 90.8 Å². The van der Waals surface area contributed by atoms with Gasteiger partial charge < -0.3 is 4.42 Å². The summed E-state index contributed by atoms with van der Waals surface area (Å²) in [5.41, 5.74) is -1.29. The van der Waals surface area contributed by atoms with E-state index in [1.807, 2.05) is 0 Å². The van der Waals surface area contributed by atoms with Crippen LogP contribution in [0.3, 0.4) is 0 Å². The summed E-state index contributed by atoms with van der Waals surface area (Å²) in [6, 6.07) is 6.43. The Kier molecular flexibility index (Phi) is 7.08. The van der Waals surface area contributed by atoms with Gasteiger partial charge in [0, 0.05) is 5.02 Å². The largest absolute Gasteiger partial charge is 0.454 e. The number of hydrogen-bond donors (Lipinski definition) is 1. The van der Waals surface area contributed by atoms with E-state index in [1.165, 1.54) is 35.3 Å². The van der Waals surface area contributed by atoms with Crippen LogP contribution >= 0.6 is 23.2 Å². The average Bonchev–Trinajstić information content (AvgIpc) is 3.49. The predicted molar refractivity (Wildman–Crippen MR) is 113 cm³/mol. The Morgan fingerprint density at radius 2 is 1.83 bits per heavy atom. The molecule has 1 aromatic carbocycles. The van der Waals surface area contributed by atoms with Crippen LogP contribution in [0.15, 0.2) is 41.1 Å². The van der Waals surface area contributed by atoms with Crippen molar-refractivity contribution in [2.75, 3.05) is 5.32 Å². The van der Waals surface area contributed by atoms with E-state index >= 15 is 0 Å². The number of alkyl halides is 4. The lowest BCUT2D eigenvalue weighted by molar-refractivity contribution is 0.0993. The van der Waals surface area contributed by atoms with Crippen molar-refractivity contribution in [2.24, 2.45) is 0 Å². The SMILES string of the molecule is O=C(Nc1ncn(Cc2ccc(F)cc2Cl)n1)c1ccc(Cn2nc(C(F)F)c(Cl)c2C(F)F)o1. The van der Waals surface area contributed by atoms with E-state index in [0.29, 0.717) is 10.2 Å². The Balaban J connectivity index is 1.44. The molecule has 0 aliphatic rings. The van der Waals surface area contributed by atoms with E-state index in [2.05, 4.69) is 20.5 Å². The van der Waals surface area contributed by atoms with Gasteiger partial charge in [0.15, 0.2) is 5.76 Å². The smallest absolute Gasteiger partial charge is 0.293 e. The molecule has 15 heteroatoms. The molecule has 184 valence electrons. The van der Waals surface area contributed by atoms with Crippen LogP contribution < -0.4 is 5.32 Å². The van der Waals surface area contributed by atoms with Crippen molar-refractivity contribution in [3.63, 3.8) is 0 Å². The normalized spacial score (nSPS) is 11.6. The molecule has 0 radical (unpaired) electrons. The quantitative estimate of drug-likeness (QED) is 0.291. The van der Waals surface area contributed by atoms with Crippen LogP contribution in [0.2, 0.25) is 10.0 Å². The van der Waals surface area contributed by atoms with E-state index < -0.39 is 47.5 Å². The number of rotatable bonds is 8.